The van der Waals surface area contributed by atoms with E-state index in [-0.39, 0.29) is 0 Å². The van der Waals surface area contributed by atoms with E-state index >= 15 is 0 Å². The van der Waals surface area contributed by atoms with Crippen molar-refractivity contribution in [2.75, 3.05) is 0 Å². The molecule has 0 aliphatic heterocycles. The Morgan fingerprint density at radius 3 is 2.05 bits per heavy atom. The number of aliphatic hydroxyl groups is 1. The predicted octanol–water partition coefficient (Wildman–Crippen LogP) is 5.52. The minimum Gasteiger partial charge on any atom is -0.389 e. The van der Waals surface area contributed by atoms with Crippen LogP contribution in [0, 0.1) is 41.4 Å². The van der Waals surface area contributed by atoms with Gasteiger partial charge in [0, 0.05) is 0 Å². The number of hydrogen-bond donors (Lipinski definition) is 1. The molecule has 2 saturated carbocycles. The van der Waals surface area contributed by atoms with Gasteiger partial charge in [-0.1, -0.05) is 54.4 Å². The summed E-state index contributed by atoms with van der Waals surface area (Å²) in [7, 11) is 0. The Morgan fingerprint density at radius 2 is 1.48 bits per heavy atom. The molecule has 0 aromatic carbocycles. The summed E-state index contributed by atoms with van der Waals surface area (Å²) >= 11 is 0. The van der Waals surface area contributed by atoms with Crippen LogP contribution in [0.1, 0.15) is 80.1 Å². The van der Waals surface area contributed by atoms with E-state index in [2.05, 4.69) is 41.5 Å². The summed E-state index contributed by atoms with van der Waals surface area (Å²) in [6, 6.07) is 0. The van der Waals surface area contributed by atoms with Gasteiger partial charge in [0.25, 0.3) is 0 Å². The van der Waals surface area contributed by atoms with Gasteiger partial charge in [0.05, 0.1) is 5.60 Å². The fraction of sp³-hybridized carbons (Fsp3) is 1.00. The molecule has 0 aromatic heterocycles. The fourth-order valence-electron chi connectivity index (χ4n) is 5.64. The summed E-state index contributed by atoms with van der Waals surface area (Å²) in [5, 5.41) is 11.8. The summed E-state index contributed by atoms with van der Waals surface area (Å²) in [5.74, 6) is 4.54. The van der Waals surface area contributed by atoms with Gasteiger partial charge in [-0.2, -0.15) is 0 Å². The molecular weight excluding hydrogens is 256 g/mol. The lowest BCUT2D eigenvalue weighted by Gasteiger charge is -2.54. The van der Waals surface area contributed by atoms with Crippen LogP contribution in [0.25, 0.3) is 0 Å². The van der Waals surface area contributed by atoms with Crippen LogP contribution in [-0.4, -0.2) is 10.7 Å². The number of hydrogen-bond acceptors (Lipinski definition) is 1. The molecule has 1 N–H and O–H groups in total. The Hall–Kier alpha value is -0.0400. The van der Waals surface area contributed by atoms with Crippen molar-refractivity contribution in [3.63, 3.8) is 0 Å². The highest BCUT2D eigenvalue weighted by Gasteiger charge is 2.51. The van der Waals surface area contributed by atoms with Gasteiger partial charge in [0.2, 0.25) is 0 Å². The fourth-order valence-corrected chi connectivity index (χ4v) is 5.64. The molecule has 0 bridgehead atoms. The van der Waals surface area contributed by atoms with Crippen LogP contribution in [0.5, 0.6) is 0 Å². The number of rotatable bonds is 3. The van der Waals surface area contributed by atoms with E-state index in [1.807, 2.05) is 0 Å². The maximum absolute atomic E-state index is 11.8. The molecule has 2 aliphatic rings. The molecule has 3 unspecified atom stereocenters. The van der Waals surface area contributed by atoms with Gasteiger partial charge in [0.15, 0.2) is 0 Å². The van der Waals surface area contributed by atoms with Crippen LogP contribution in [-0.2, 0) is 0 Å². The van der Waals surface area contributed by atoms with Crippen molar-refractivity contribution in [2.24, 2.45) is 41.4 Å². The van der Waals surface area contributed by atoms with Gasteiger partial charge in [-0.3, -0.25) is 0 Å². The summed E-state index contributed by atoms with van der Waals surface area (Å²) in [5.41, 5.74) is -0.407. The smallest absolute Gasteiger partial charge is 0.0711 e. The van der Waals surface area contributed by atoms with Gasteiger partial charge in [-0.25, -0.2) is 0 Å². The van der Waals surface area contributed by atoms with E-state index in [0.29, 0.717) is 29.6 Å². The Kier molecular flexibility index (Phi) is 5.45. The van der Waals surface area contributed by atoms with Crippen LogP contribution in [0.4, 0.5) is 0 Å². The second-order valence-electron chi connectivity index (χ2n) is 9.16. The van der Waals surface area contributed by atoms with E-state index in [0.717, 1.165) is 18.3 Å². The van der Waals surface area contributed by atoms with E-state index in [9.17, 15) is 5.11 Å². The largest absolute Gasteiger partial charge is 0.389 e. The van der Waals surface area contributed by atoms with Crippen molar-refractivity contribution in [3.05, 3.63) is 0 Å². The van der Waals surface area contributed by atoms with Crippen LogP contribution >= 0.6 is 0 Å². The molecule has 0 radical (unpaired) electrons. The van der Waals surface area contributed by atoms with Crippen molar-refractivity contribution < 1.29 is 5.11 Å². The first-order valence-electron chi connectivity index (χ1n) is 9.48. The molecule has 2 fully saturated rings. The quantitative estimate of drug-likeness (QED) is 0.727. The van der Waals surface area contributed by atoms with E-state index in [1.54, 1.807) is 0 Å². The van der Waals surface area contributed by atoms with Gasteiger partial charge < -0.3 is 5.11 Å². The van der Waals surface area contributed by atoms with Gasteiger partial charge in [0.1, 0.15) is 0 Å². The Labute approximate surface area is 132 Å². The van der Waals surface area contributed by atoms with Crippen LogP contribution in [0.2, 0.25) is 0 Å². The average molecular weight is 295 g/mol. The SMILES string of the molecule is CC1CCC(C(C)C)C([C@@]2(O)C[C@H](C)CC[C@H]2C(C)C)C1. The first kappa shape index (κ1) is 17.3. The molecule has 1 heteroatoms. The van der Waals surface area contributed by atoms with E-state index in [1.165, 1.54) is 32.1 Å². The zero-order valence-electron chi connectivity index (χ0n) is 15.2. The zero-order valence-corrected chi connectivity index (χ0v) is 15.2. The Bertz CT molecular complexity index is 335. The maximum Gasteiger partial charge on any atom is 0.0711 e. The van der Waals surface area contributed by atoms with Crippen molar-refractivity contribution in [3.8, 4) is 0 Å². The molecule has 0 saturated heterocycles. The van der Waals surface area contributed by atoms with Crippen molar-refractivity contribution in [2.45, 2.75) is 85.7 Å². The molecule has 6 atom stereocenters. The normalized spacial score (nSPS) is 45.3. The van der Waals surface area contributed by atoms with Crippen molar-refractivity contribution in [1.82, 2.24) is 0 Å². The Morgan fingerprint density at radius 1 is 0.857 bits per heavy atom. The summed E-state index contributed by atoms with van der Waals surface area (Å²) in [6.45, 7) is 14.1. The second kappa shape index (κ2) is 6.60. The first-order valence-corrected chi connectivity index (χ1v) is 9.48. The monoisotopic (exact) mass is 294 g/mol. The van der Waals surface area contributed by atoms with Gasteiger partial charge in [-0.05, 0) is 67.1 Å². The minimum atomic E-state index is -0.407. The summed E-state index contributed by atoms with van der Waals surface area (Å²) in [4.78, 5) is 0. The summed E-state index contributed by atoms with van der Waals surface area (Å²) < 4.78 is 0. The lowest BCUT2D eigenvalue weighted by molar-refractivity contribution is -0.154. The molecule has 2 rings (SSSR count). The molecule has 124 valence electrons. The van der Waals surface area contributed by atoms with Gasteiger partial charge in [-0.15, -0.1) is 0 Å². The van der Waals surface area contributed by atoms with Crippen LogP contribution in [0.3, 0.4) is 0 Å². The van der Waals surface area contributed by atoms with Crippen LogP contribution in [0.15, 0.2) is 0 Å². The molecule has 0 heterocycles. The highest BCUT2D eigenvalue weighted by molar-refractivity contribution is 5.02. The first-order chi connectivity index (χ1) is 9.75. The molecule has 0 spiro atoms. The third kappa shape index (κ3) is 3.49. The lowest BCUT2D eigenvalue weighted by Crippen LogP contribution is -2.55. The van der Waals surface area contributed by atoms with E-state index in [4.69, 9.17) is 0 Å². The lowest BCUT2D eigenvalue weighted by atomic mass is 9.54. The third-order valence-electron chi connectivity index (χ3n) is 6.76. The Balaban J connectivity index is 2.31. The average Bonchev–Trinajstić information content (AvgIpc) is 2.37. The molecule has 0 aromatic rings. The van der Waals surface area contributed by atoms with Crippen LogP contribution < -0.4 is 0 Å². The zero-order chi connectivity index (χ0) is 15.8. The summed E-state index contributed by atoms with van der Waals surface area (Å²) in [6.07, 6.45) is 7.50. The van der Waals surface area contributed by atoms with Crippen molar-refractivity contribution in [1.29, 1.82) is 0 Å². The molecule has 0 amide bonds. The maximum atomic E-state index is 11.8. The molecule has 2 aliphatic carbocycles. The van der Waals surface area contributed by atoms with Crippen molar-refractivity contribution >= 4 is 0 Å². The predicted molar refractivity (Wildman–Crippen MR) is 91.1 cm³/mol. The molecule has 1 nitrogen and oxygen atoms in total. The van der Waals surface area contributed by atoms with E-state index < -0.39 is 5.60 Å². The minimum absolute atomic E-state index is 0.407. The molecule has 21 heavy (non-hydrogen) atoms. The van der Waals surface area contributed by atoms with Gasteiger partial charge >= 0.3 is 0 Å². The molecular formula is C20H38O. The standard InChI is InChI=1S/C20H38O/c1-13(2)17-9-7-15(5)11-19(17)20(21)12-16(6)8-10-18(20)14(3)4/h13-19,21H,7-12H2,1-6H3/t15?,16-,17?,18+,19?,20-/m1/s1. The second-order valence-corrected chi connectivity index (χ2v) is 9.16. The highest BCUT2D eigenvalue weighted by atomic mass is 16.3. The highest BCUT2D eigenvalue weighted by Crippen LogP contribution is 2.53. The topological polar surface area (TPSA) is 20.2 Å². The third-order valence-corrected chi connectivity index (χ3v) is 6.76.